The molecule has 1 fully saturated rings. The van der Waals surface area contributed by atoms with E-state index in [0.29, 0.717) is 28.6 Å². The van der Waals surface area contributed by atoms with Gasteiger partial charge in [0.05, 0.1) is 35.6 Å². The molecular weight excluding hydrogens is 506 g/mol. The normalized spacial score (nSPS) is 17.7. The number of pyridine rings is 1. The van der Waals surface area contributed by atoms with E-state index >= 15 is 0 Å². The fourth-order valence-electron chi connectivity index (χ4n) is 4.31. The summed E-state index contributed by atoms with van der Waals surface area (Å²) in [5.74, 6) is 0.703. The maximum Gasteiger partial charge on any atom is 0.411 e. The standard InChI is InChI=1S/C28H35N3O6S/c1-16(2)7-10-25-30-22(15-38-25)21-13-24(19-9-8-17(35-6)11-20(19)29-21)36-18-12-23(26(32)33)31(14-18)27(34)37-28(3,4)5/h8-9,11,13,15-16,18,23H,7,10,12,14H2,1-6H3,(H,32,33)/t18-,23+/m1/s1. The van der Waals surface area contributed by atoms with Gasteiger partial charge in [-0.05, 0) is 51.7 Å². The molecule has 0 aliphatic carbocycles. The summed E-state index contributed by atoms with van der Waals surface area (Å²) in [5.41, 5.74) is 1.35. The van der Waals surface area contributed by atoms with Crippen LogP contribution < -0.4 is 9.47 Å². The highest BCUT2D eigenvalue weighted by Gasteiger charge is 2.43. The number of benzene rings is 1. The number of rotatable bonds is 8. The third-order valence-electron chi connectivity index (χ3n) is 6.20. The van der Waals surface area contributed by atoms with Crippen molar-refractivity contribution >= 4 is 34.3 Å². The van der Waals surface area contributed by atoms with Gasteiger partial charge in [0.25, 0.3) is 0 Å². The van der Waals surface area contributed by atoms with Gasteiger partial charge >= 0.3 is 12.1 Å². The predicted octanol–water partition coefficient (Wildman–Crippen LogP) is 5.80. The Labute approximate surface area is 226 Å². The number of carbonyl (C=O) groups is 2. The summed E-state index contributed by atoms with van der Waals surface area (Å²) in [4.78, 5) is 35.6. The van der Waals surface area contributed by atoms with E-state index in [1.807, 2.05) is 29.6 Å². The molecule has 0 bridgehead atoms. The minimum Gasteiger partial charge on any atom is -0.497 e. The molecule has 0 spiro atoms. The zero-order valence-corrected chi connectivity index (χ0v) is 23.5. The second kappa shape index (κ2) is 11.1. The number of fused-ring (bicyclic) bond motifs is 1. The number of carboxylic acid groups (broad SMARTS) is 1. The molecule has 1 N–H and O–H groups in total. The van der Waals surface area contributed by atoms with Crippen LogP contribution in [-0.2, 0) is 16.0 Å². The number of hydrogen-bond donors (Lipinski definition) is 1. The van der Waals surface area contributed by atoms with E-state index < -0.39 is 29.8 Å². The second-order valence-corrected chi connectivity index (χ2v) is 11.9. The highest BCUT2D eigenvalue weighted by atomic mass is 32.1. The Hall–Kier alpha value is -3.40. The van der Waals surface area contributed by atoms with Gasteiger partial charge in [0, 0.05) is 29.3 Å². The molecule has 1 aliphatic heterocycles. The Morgan fingerprint density at radius 1 is 1.18 bits per heavy atom. The maximum atomic E-state index is 12.7. The molecule has 1 aromatic carbocycles. The lowest BCUT2D eigenvalue weighted by Gasteiger charge is -2.26. The van der Waals surface area contributed by atoms with Gasteiger partial charge in [-0.2, -0.15) is 0 Å². The molecule has 4 rings (SSSR count). The SMILES string of the molecule is COc1ccc2c(O[C@@H]3C[C@@H](C(=O)O)N(C(=O)OC(C)(C)C)C3)cc(-c3csc(CCC(C)C)n3)nc2c1. The van der Waals surface area contributed by atoms with E-state index in [9.17, 15) is 14.7 Å². The summed E-state index contributed by atoms with van der Waals surface area (Å²) < 4.78 is 17.2. The molecule has 3 aromatic rings. The number of aliphatic carboxylic acids is 1. The van der Waals surface area contributed by atoms with E-state index in [1.165, 1.54) is 4.90 Å². The number of methoxy groups -OCH3 is 1. The number of aromatic nitrogens is 2. The molecule has 0 radical (unpaired) electrons. The number of carbonyl (C=O) groups excluding carboxylic acids is 1. The third-order valence-corrected chi connectivity index (χ3v) is 7.11. The highest BCUT2D eigenvalue weighted by molar-refractivity contribution is 7.09. The van der Waals surface area contributed by atoms with Crippen molar-refractivity contribution in [3.05, 3.63) is 34.7 Å². The topological polar surface area (TPSA) is 111 Å². The van der Waals surface area contributed by atoms with E-state index in [1.54, 1.807) is 39.2 Å². The Morgan fingerprint density at radius 3 is 2.61 bits per heavy atom. The summed E-state index contributed by atoms with van der Waals surface area (Å²) in [5, 5.41) is 13.6. The largest absolute Gasteiger partial charge is 0.497 e. The summed E-state index contributed by atoms with van der Waals surface area (Å²) >= 11 is 1.61. The molecule has 1 aliphatic rings. The molecule has 2 aromatic heterocycles. The lowest BCUT2D eigenvalue weighted by atomic mass is 10.1. The number of ether oxygens (including phenoxy) is 3. The molecule has 0 saturated carbocycles. The molecule has 9 nitrogen and oxygen atoms in total. The van der Waals surface area contributed by atoms with Crippen LogP contribution >= 0.6 is 11.3 Å². The second-order valence-electron chi connectivity index (χ2n) is 10.9. The quantitative estimate of drug-likeness (QED) is 0.381. The minimum atomic E-state index is -1.09. The molecule has 204 valence electrons. The van der Waals surface area contributed by atoms with Crippen LogP contribution in [0, 0.1) is 5.92 Å². The van der Waals surface area contributed by atoms with Gasteiger partial charge in [-0.3, -0.25) is 4.90 Å². The lowest BCUT2D eigenvalue weighted by molar-refractivity contribution is -0.142. The van der Waals surface area contributed by atoms with Crippen molar-refractivity contribution in [2.75, 3.05) is 13.7 Å². The van der Waals surface area contributed by atoms with Gasteiger partial charge < -0.3 is 19.3 Å². The first-order valence-electron chi connectivity index (χ1n) is 12.8. The first-order chi connectivity index (χ1) is 17.9. The number of hydrogen-bond acceptors (Lipinski definition) is 8. The van der Waals surface area contributed by atoms with Gasteiger partial charge in [-0.1, -0.05) is 13.8 Å². The average molecular weight is 542 g/mol. The summed E-state index contributed by atoms with van der Waals surface area (Å²) in [6, 6.07) is 6.32. The average Bonchev–Trinajstić information content (AvgIpc) is 3.49. The zero-order valence-electron chi connectivity index (χ0n) is 22.7. The molecule has 3 heterocycles. The molecular formula is C28H35N3O6S. The maximum absolute atomic E-state index is 12.7. The number of thiazole rings is 1. The van der Waals surface area contributed by atoms with Gasteiger partial charge in [0.15, 0.2) is 0 Å². The van der Waals surface area contributed by atoms with Crippen molar-refractivity contribution in [3.63, 3.8) is 0 Å². The van der Waals surface area contributed by atoms with E-state index in [0.717, 1.165) is 28.9 Å². The van der Waals surface area contributed by atoms with E-state index in [2.05, 4.69) is 13.8 Å². The van der Waals surface area contributed by atoms with Crippen LogP contribution in [-0.4, -0.2) is 63.4 Å². The minimum absolute atomic E-state index is 0.0945. The number of aryl methyl sites for hydroxylation is 1. The predicted molar refractivity (Wildman–Crippen MR) is 146 cm³/mol. The number of likely N-dealkylation sites (tertiary alicyclic amines) is 1. The van der Waals surface area contributed by atoms with Gasteiger partial charge in [0.1, 0.15) is 29.2 Å². The number of amides is 1. The van der Waals surface area contributed by atoms with Crippen molar-refractivity contribution in [2.24, 2.45) is 5.92 Å². The lowest BCUT2D eigenvalue weighted by Crippen LogP contribution is -2.43. The van der Waals surface area contributed by atoms with Crippen LogP contribution in [0.2, 0.25) is 0 Å². The van der Waals surface area contributed by atoms with Crippen molar-refractivity contribution in [1.29, 1.82) is 0 Å². The van der Waals surface area contributed by atoms with Gasteiger partial charge in [0.2, 0.25) is 0 Å². The molecule has 1 amide bonds. The number of nitrogens with zero attached hydrogens (tertiary/aromatic N) is 3. The summed E-state index contributed by atoms with van der Waals surface area (Å²) in [7, 11) is 1.60. The summed E-state index contributed by atoms with van der Waals surface area (Å²) in [6.07, 6.45) is 0.898. The first-order valence-corrected chi connectivity index (χ1v) is 13.6. The van der Waals surface area contributed by atoms with Gasteiger partial charge in [-0.25, -0.2) is 19.6 Å². The van der Waals surface area contributed by atoms with Crippen LogP contribution in [0.4, 0.5) is 4.79 Å². The Bertz CT molecular complexity index is 1320. The van der Waals surface area contributed by atoms with Crippen LogP contribution in [0.3, 0.4) is 0 Å². The van der Waals surface area contributed by atoms with Gasteiger partial charge in [-0.15, -0.1) is 11.3 Å². The van der Waals surface area contributed by atoms with Crippen LogP contribution in [0.25, 0.3) is 22.3 Å². The first kappa shape index (κ1) is 27.6. The third kappa shape index (κ3) is 6.53. The molecule has 0 unspecified atom stereocenters. The molecule has 1 saturated heterocycles. The Morgan fingerprint density at radius 2 is 1.95 bits per heavy atom. The van der Waals surface area contributed by atoms with E-state index in [4.69, 9.17) is 24.2 Å². The Balaban J connectivity index is 1.65. The smallest absolute Gasteiger partial charge is 0.411 e. The highest BCUT2D eigenvalue weighted by Crippen LogP contribution is 2.35. The zero-order chi connectivity index (χ0) is 27.6. The van der Waals surface area contributed by atoms with Crippen molar-refractivity contribution < 1.29 is 28.9 Å². The van der Waals surface area contributed by atoms with Crippen LogP contribution in [0.1, 0.15) is 52.5 Å². The Kier molecular flexibility index (Phi) is 8.10. The molecule has 38 heavy (non-hydrogen) atoms. The summed E-state index contributed by atoms with van der Waals surface area (Å²) in [6.45, 7) is 9.72. The fraction of sp³-hybridized carbons (Fsp3) is 0.500. The van der Waals surface area contributed by atoms with Crippen molar-refractivity contribution in [1.82, 2.24) is 14.9 Å². The molecule has 2 atom stereocenters. The van der Waals surface area contributed by atoms with Crippen LogP contribution in [0.15, 0.2) is 29.6 Å². The molecule has 10 heteroatoms. The van der Waals surface area contributed by atoms with Crippen molar-refractivity contribution in [2.45, 2.75) is 71.6 Å². The number of carboxylic acids is 1. The van der Waals surface area contributed by atoms with Crippen molar-refractivity contribution in [3.8, 4) is 22.9 Å². The van der Waals surface area contributed by atoms with E-state index in [-0.39, 0.29) is 13.0 Å². The van der Waals surface area contributed by atoms with Crippen LogP contribution in [0.5, 0.6) is 11.5 Å². The fourth-order valence-corrected chi connectivity index (χ4v) is 5.11. The monoisotopic (exact) mass is 541 g/mol.